The molecule has 2 nitrogen and oxygen atoms in total. The van der Waals surface area contributed by atoms with E-state index in [1.54, 1.807) is 12.4 Å². The molecule has 3 rings (SSSR count). The molecule has 0 aromatic heterocycles. The van der Waals surface area contributed by atoms with Gasteiger partial charge in [0.05, 0.1) is 7.11 Å². The molecular formula is C16H17NO. The second kappa shape index (κ2) is 4.73. The summed E-state index contributed by atoms with van der Waals surface area (Å²) in [6, 6.07) is 16.5. The monoisotopic (exact) mass is 240 g/mol. The summed E-state index contributed by atoms with van der Waals surface area (Å²) in [6.07, 6.45) is 1.81. The molecule has 1 N–H and O–H groups in total. The van der Waals surface area contributed by atoms with Crippen LogP contribution < -0.4 is 10.0 Å². The van der Waals surface area contributed by atoms with Gasteiger partial charge in [-0.3, -0.25) is 0 Å². The highest BCUT2D eigenvalue weighted by Gasteiger charge is 2.20. The Labute approximate surface area is 109 Å². The Hall–Kier alpha value is -1.96. The van der Waals surface area contributed by atoms with Gasteiger partial charge in [-0.2, -0.15) is 0 Å². The molecule has 0 saturated heterocycles. The molecule has 0 radical (unpaired) electrons. The molecule has 1 atom stereocenters. The smallest absolute Gasteiger partial charge is 0.160 e. The molecule has 0 bridgehead atoms. The number of nitrogens with one attached hydrogen (secondary N) is 1. The van der Waals surface area contributed by atoms with Crippen LogP contribution in [0.3, 0.4) is 0 Å². The average Bonchev–Trinajstić information content (AvgIpc) is 2.76. The van der Waals surface area contributed by atoms with E-state index in [9.17, 15) is 0 Å². The Kier molecular flexibility index (Phi) is 2.63. The Morgan fingerprint density at radius 2 is 2.11 bits per heavy atom. The van der Waals surface area contributed by atoms with Gasteiger partial charge in [-0.15, -0.1) is 0 Å². The predicted molar refractivity (Wildman–Crippen MR) is 74.3 cm³/mol. The highest BCUT2D eigenvalue weighted by Crippen LogP contribution is 2.30. The summed E-state index contributed by atoms with van der Waals surface area (Å²) in [7, 11) is 1.68. The summed E-state index contributed by atoms with van der Waals surface area (Å²) in [5.41, 5.74) is 3.49. The molecule has 2 heteroatoms. The van der Waals surface area contributed by atoms with Crippen molar-refractivity contribution in [3.8, 4) is 5.75 Å². The molecular weight excluding hydrogens is 222 g/mol. The molecule has 18 heavy (non-hydrogen) atoms. The van der Waals surface area contributed by atoms with E-state index in [0.717, 1.165) is 24.3 Å². The fourth-order valence-electron chi connectivity index (χ4n) is 2.48. The number of anilines is 1. The molecule has 0 spiro atoms. The quantitative estimate of drug-likeness (QED) is 0.889. The lowest BCUT2D eigenvalue weighted by Gasteiger charge is -2.10. The zero-order valence-electron chi connectivity index (χ0n) is 11.5. The van der Waals surface area contributed by atoms with Gasteiger partial charge in [0.15, 0.2) is 1.41 Å². The topological polar surface area (TPSA) is 21.3 Å². The summed E-state index contributed by atoms with van der Waals surface area (Å²) < 4.78 is 13.5. The van der Waals surface area contributed by atoms with Crippen molar-refractivity contribution in [3.05, 3.63) is 59.7 Å². The lowest BCUT2D eigenvalue weighted by molar-refractivity contribution is 0.414. The highest BCUT2D eigenvalue weighted by atomic mass is 16.5. The maximum atomic E-state index is 8.24. The van der Waals surface area contributed by atoms with Gasteiger partial charge in [0.25, 0.3) is 0 Å². The van der Waals surface area contributed by atoms with Crippen LogP contribution in [0.25, 0.3) is 0 Å². The first-order chi connectivity index (χ1) is 9.28. The van der Waals surface area contributed by atoms with Crippen LogP contribution in [0.2, 0.25) is 1.41 Å². The van der Waals surface area contributed by atoms with Crippen molar-refractivity contribution in [2.24, 2.45) is 0 Å². The van der Waals surface area contributed by atoms with Crippen molar-refractivity contribution in [1.82, 2.24) is 0 Å². The number of ether oxygens (including phenoxy) is 1. The molecule has 2 aromatic rings. The molecule has 0 fully saturated rings. The van der Waals surface area contributed by atoms with E-state index < -0.39 is 0 Å². The van der Waals surface area contributed by atoms with Crippen LogP contribution >= 0.6 is 0 Å². The maximum Gasteiger partial charge on any atom is 0.160 e. The highest BCUT2D eigenvalue weighted by molar-refractivity contribution is 5.59. The Balaban J connectivity index is 1.81. The Morgan fingerprint density at radius 1 is 1.28 bits per heavy atom. The van der Waals surface area contributed by atoms with Gasteiger partial charge in [0, 0.05) is 11.7 Å². The van der Waals surface area contributed by atoms with Crippen LogP contribution in [0.4, 0.5) is 5.69 Å². The van der Waals surface area contributed by atoms with Crippen LogP contribution in [0.5, 0.6) is 5.75 Å². The van der Waals surface area contributed by atoms with Crippen LogP contribution in [0.1, 0.15) is 11.1 Å². The van der Waals surface area contributed by atoms with E-state index in [-0.39, 0.29) is 6.04 Å². The van der Waals surface area contributed by atoms with Gasteiger partial charge in [-0.1, -0.05) is 30.3 Å². The molecule has 0 aliphatic carbocycles. The van der Waals surface area contributed by atoms with Crippen molar-refractivity contribution in [2.75, 3.05) is 12.4 Å². The van der Waals surface area contributed by atoms with Crippen LogP contribution in [0.15, 0.2) is 48.5 Å². The van der Waals surface area contributed by atoms with Crippen molar-refractivity contribution in [1.29, 1.82) is 0 Å². The van der Waals surface area contributed by atoms with Crippen molar-refractivity contribution in [3.63, 3.8) is 0 Å². The van der Waals surface area contributed by atoms with Gasteiger partial charge in [0.2, 0.25) is 0 Å². The second-order valence-corrected chi connectivity index (χ2v) is 4.67. The van der Waals surface area contributed by atoms with Crippen LogP contribution in [0, 0.1) is 0 Å². The first-order valence-corrected chi connectivity index (χ1v) is 6.27. The van der Waals surface area contributed by atoms with E-state index >= 15 is 0 Å². The van der Waals surface area contributed by atoms with E-state index in [4.69, 9.17) is 6.15 Å². The zero-order chi connectivity index (χ0) is 13.2. The molecule has 1 aliphatic heterocycles. The summed E-state index contributed by atoms with van der Waals surface area (Å²) in [5.74, 6) is 0.868. The van der Waals surface area contributed by atoms with Gasteiger partial charge in [-0.25, -0.2) is 0 Å². The number of fused-ring (bicyclic) bond motifs is 1. The van der Waals surface area contributed by atoms with Crippen molar-refractivity contribution in [2.45, 2.75) is 18.9 Å². The van der Waals surface area contributed by atoms with E-state index in [1.807, 2.05) is 24.3 Å². The lowest BCUT2D eigenvalue weighted by atomic mass is 10.0. The second-order valence-electron chi connectivity index (χ2n) is 4.67. The SMILES string of the molecule is [2H]N1c2ccc(OC)cc2CC1Cc1ccccc1. The van der Waals surface area contributed by atoms with Gasteiger partial charge < -0.3 is 10.0 Å². The summed E-state index contributed by atoms with van der Waals surface area (Å²) >= 11 is 0. The summed E-state index contributed by atoms with van der Waals surface area (Å²) in [5, 5.41) is 1.64. The average molecular weight is 240 g/mol. The number of hydrogen-bond acceptors (Lipinski definition) is 2. The predicted octanol–water partition coefficient (Wildman–Crippen LogP) is 3.27. The minimum atomic E-state index is 0.213. The van der Waals surface area contributed by atoms with E-state index in [0.29, 0.717) is 0 Å². The molecule has 1 aliphatic rings. The first-order valence-electron chi connectivity index (χ1n) is 6.71. The number of methoxy groups -OCH3 is 1. The number of benzene rings is 2. The Bertz CT molecular complexity index is 570. The molecule has 0 saturated carbocycles. The first kappa shape index (κ1) is 10.0. The maximum absolute atomic E-state index is 8.24. The molecule has 1 unspecified atom stereocenters. The standard InChI is InChI=1S/C16H17NO/c1-18-15-7-8-16-13(11-15)10-14(17-16)9-12-5-3-2-4-6-12/h2-8,11,14,17H,9-10H2,1H3/i/hD. The fraction of sp³-hybridized carbons (Fsp3) is 0.250. The van der Waals surface area contributed by atoms with E-state index in [2.05, 4.69) is 24.3 Å². The Morgan fingerprint density at radius 3 is 2.89 bits per heavy atom. The molecule has 2 aromatic carbocycles. The fourth-order valence-corrected chi connectivity index (χ4v) is 2.48. The van der Waals surface area contributed by atoms with E-state index in [1.165, 1.54) is 11.1 Å². The largest absolute Gasteiger partial charge is 0.497 e. The zero-order valence-corrected chi connectivity index (χ0v) is 10.5. The van der Waals surface area contributed by atoms with Gasteiger partial charge in [0.1, 0.15) is 5.75 Å². The lowest BCUT2D eigenvalue weighted by Crippen LogP contribution is -2.18. The molecule has 1 heterocycles. The minimum absolute atomic E-state index is 0.213. The third-order valence-corrected chi connectivity index (χ3v) is 3.38. The molecule has 0 amide bonds. The third kappa shape index (κ3) is 2.19. The number of hydrogen-bond donors (Lipinski definition) is 1. The normalized spacial score (nSPS) is 18.4. The van der Waals surface area contributed by atoms with Crippen LogP contribution in [-0.2, 0) is 12.8 Å². The summed E-state index contributed by atoms with van der Waals surface area (Å²) in [4.78, 5) is 0. The molecule has 92 valence electrons. The number of rotatable bonds is 3. The van der Waals surface area contributed by atoms with Gasteiger partial charge >= 0.3 is 0 Å². The van der Waals surface area contributed by atoms with Crippen molar-refractivity contribution < 1.29 is 6.15 Å². The van der Waals surface area contributed by atoms with Crippen LogP contribution in [-0.4, -0.2) is 13.2 Å². The minimum Gasteiger partial charge on any atom is -0.497 e. The summed E-state index contributed by atoms with van der Waals surface area (Å²) in [6.45, 7) is 0. The third-order valence-electron chi connectivity index (χ3n) is 3.38. The van der Waals surface area contributed by atoms with Crippen molar-refractivity contribution >= 4 is 5.69 Å². The van der Waals surface area contributed by atoms with Gasteiger partial charge in [-0.05, 0) is 42.2 Å².